The van der Waals surface area contributed by atoms with Gasteiger partial charge in [-0.2, -0.15) is 0 Å². The van der Waals surface area contributed by atoms with E-state index < -0.39 is 5.82 Å². The fourth-order valence-corrected chi connectivity index (χ4v) is 1.78. The van der Waals surface area contributed by atoms with E-state index in [0.717, 1.165) is 11.1 Å². The van der Waals surface area contributed by atoms with Gasteiger partial charge in [0.15, 0.2) is 17.3 Å². The van der Waals surface area contributed by atoms with Gasteiger partial charge in [0, 0.05) is 5.56 Å². The van der Waals surface area contributed by atoms with Crippen LogP contribution >= 0.6 is 0 Å². The molecular weight excluding hydrogens is 219 g/mol. The lowest BCUT2D eigenvalue weighted by atomic mass is 10.0. The van der Waals surface area contributed by atoms with Crippen LogP contribution in [0.15, 0.2) is 42.5 Å². The summed E-state index contributed by atoms with van der Waals surface area (Å²) < 4.78 is 23.8. The molecule has 0 spiro atoms. The monoisotopic (exact) mass is 232 g/mol. The predicted molar refractivity (Wildman–Crippen MR) is 64.9 cm³/mol. The van der Waals surface area contributed by atoms with Crippen LogP contribution in [0.4, 0.5) is 4.39 Å². The summed E-state index contributed by atoms with van der Waals surface area (Å²) in [6.07, 6.45) is 0. The molecular formula is C14H13FO2. The number of hydrogen-bond donors (Lipinski definition) is 0. The Balaban J connectivity index is 2.63. The molecule has 17 heavy (non-hydrogen) atoms. The summed E-state index contributed by atoms with van der Waals surface area (Å²) in [5.41, 5.74) is 1.77. The lowest BCUT2D eigenvalue weighted by Gasteiger charge is -2.13. The molecule has 0 aliphatic rings. The normalized spacial score (nSPS) is 10.1. The number of hydrogen-bond acceptors (Lipinski definition) is 2. The van der Waals surface area contributed by atoms with Gasteiger partial charge in [-0.15, -0.1) is 0 Å². The molecule has 2 aromatic rings. The van der Waals surface area contributed by atoms with Crippen LogP contribution in [0, 0.1) is 5.82 Å². The zero-order valence-electron chi connectivity index (χ0n) is 9.74. The fraction of sp³-hybridized carbons (Fsp3) is 0.143. The van der Waals surface area contributed by atoms with Crippen molar-refractivity contribution in [3.63, 3.8) is 0 Å². The minimum Gasteiger partial charge on any atom is -0.492 e. The predicted octanol–water partition coefficient (Wildman–Crippen LogP) is 3.51. The highest BCUT2D eigenvalue weighted by Gasteiger charge is 2.15. The Bertz CT molecular complexity index is 509. The van der Waals surface area contributed by atoms with E-state index in [4.69, 9.17) is 9.47 Å². The third-order valence-corrected chi connectivity index (χ3v) is 2.56. The highest BCUT2D eigenvalue weighted by molar-refractivity contribution is 5.73. The summed E-state index contributed by atoms with van der Waals surface area (Å²) in [5.74, 6) is 0.122. The summed E-state index contributed by atoms with van der Waals surface area (Å²) in [6.45, 7) is 0. The molecule has 3 heteroatoms. The van der Waals surface area contributed by atoms with Gasteiger partial charge in [0.1, 0.15) is 0 Å². The second-order valence-corrected chi connectivity index (χ2v) is 3.53. The van der Waals surface area contributed by atoms with Crippen LogP contribution in [0.3, 0.4) is 0 Å². The van der Waals surface area contributed by atoms with Gasteiger partial charge in [0.2, 0.25) is 0 Å². The molecule has 0 unspecified atom stereocenters. The van der Waals surface area contributed by atoms with Crippen molar-refractivity contribution >= 4 is 0 Å². The zero-order chi connectivity index (χ0) is 12.3. The quantitative estimate of drug-likeness (QED) is 0.806. The largest absolute Gasteiger partial charge is 0.492 e. The highest BCUT2D eigenvalue weighted by atomic mass is 19.1. The van der Waals surface area contributed by atoms with Crippen molar-refractivity contribution in [2.24, 2.45) is 0 Å². The van der Waals surface area contributed by atoms with Gasteiger partial charge in [-0.25, -0.2) is 4.39 Å². The third-order valence-electron chi connectivity index (χ3n) is 2.56. The van der Waals surface area contributed by atoms with Crippen LogP contribution in [0.5, 0.6) is 11.5 Å². The van der Waals surface area contributed by atoms with E-state index in [2.05, 4.69) is 0 Å². The summed E-state index contributed by atoms with van der Waals surface area (Å²) >= 11 is 0. The first kappa shape index (κ1) is 11.5. The van der Waals surface area contributed by atoms with E-state index >= 15 is 0 Å². The number of methoxy groups -OCH3 is 2. The second kappa shape index (κ2) is 4.87. The van der Waals surface area contributed by atoms with Crippen molar-refractivity contribution in [1.82, 2.24) is 0 Å². The van der Waals surface area contributed by atoms with Crippen LogP contribution in [-0.4, -0.2) is 14.2 Å². The van der Waals surface area contributed by atoms with Gasteiger partial charge in [-0.05, 0) is 17.7 Å². The maximum absolute atomic E-state index is 13.5. The molecule has 2 aromatic carbocycles. The summed E-state index contributed by atoms with van der Waals surface area (Å²) in [7, 11) is 2.93. The van der Waals surface area contributed by atoms with E-state index in [1.54, 1.807) is 6.07 Å². The molecule has 0 atom stereocenters. The molecule has 0 saturated heterocycles. The molecule has 0 aromatic heterocycles. The van der Waals surface area contributed by atoms with Gasteiger partial charge in [0.05, 0.1) is 14.2 Å². The van der Waals surface area contributed by atoms with Crippen LogP contribution in [-0.2, 0) is 0 Å². The maximum atomic E-state index is 13.5. The number of halogens is 1. The molecule has 0 amide bonds. The number of ether oxygens (including phenoxy) is 2. The topological polar surface area (TPSA) is 18.5 Å². The van der Waals surface area contributed by atoms with Gasteiger partial charge >= 0.3 is 0 Å². The van der Waals surface area contributed by atoms with E-state index in [9.17, 15) is 4.39 Å². The van der Waals surface area contributed by atoms with Crippen molar-refractivity contribution in [2.75, 3.05) is 14.2 Å². The molecule has 0 heterocycles. The van der Waals surface area contributed by atoms with Crippen LogP contribution in [0.25, 0.3) is 11.1 Å². The standard InChI is InChI=1S/C14H13FO2/c1-16-13-11(10-6-4-3-5-7-10)8-9-12(15)14(13)17-2/h3-9H,1-2H3. The molecule has 2 nitrogen and oxygen atoms in total. The zero-order valence-corrected chi connectivity index (χ0v) is 9.74. The van der Waals surface area contributed by atoms with Crippen LogP contribution < -0.4 is 9.47 Å². The van der Waals surface area contributed by atoms with Crippen LogP contribution in [0.2, 0.25) is 0 Å². The average molecular weight is 232 g/mol. The lowest BCUT2D eigenvalue weighted by Crippen LogP contribution is -1.96. The molecule has 0 radical (unpaired) electrons. The van der Waals surface area contributed by atoms with Crippen molar-refractivity contribution < 1.29 is 13.9 Å². The van der Waals surface area contributed by atoms with E-state index in [0.29, 0.717) is 5.75 Å². The average Bonchev–Trinajstić information content (AvgIpc) is 2.39. The molecule has 0 fully saturated rings. The van der Waals surface area contributed by atoms with Gasteiger partial charge in [-0.1, -0.05) is 30.3 Å². The third kappa shape index (κ3) is 2.09. The first-order valence-corrected chi connectivity index (χ1v) is 5.24. The molecule has 0 aliphatic carbocycles. The smallest absolute Gasteiger partial charge is 0.197 e. The SMILES string of the molecule is COc1c(F)ccc(-c2ccccc2)c1OC. The van der Waals surface area contributed by atoms with E-state index in [-0.39, 0.29) is 5.75 Å². The van der Waals surface area contributed by atoms with Crippen molar-refractivity contribution in [2.45, 2.75) is 0 Å². The van der Waals surface area contributed by atoms with E-state index in [1.807, 2.05) is 30.3 Å². The molecule has 2 rings (SSSR count). The molecule has 88 valence electrons. The van der Waals surface area contributed by atoms with Crippen molar-refractivity contribution in [1.29, 1.82) is 0 Å². The molecule has 0 bridgehead atoms. The summed E-state index contributed by atoms with van der Waals surface area (Å²) in [4.78, 5) is 0. The Morgan fingerprint density at radius 1 is 0.824 bits per heavy atom. The Kier molecular flexibility index (Phi) is 3.28. The summed E-state index contributed by atoms with van der Waals surface area (Å²) in [6, 6.07) is 12.7. The van der Waals surface area contributed by atoms with Gasteiger partial charge in [-0.3, -0.25) is 0 Å². The van der Waals surface area contributed by atoms with Crippen molar-refractivity contribution in [3.8, 4) is 22.6 Å². The Labute approximate surface area is 99.6 Å². The number of rotatable bonds is 3. The Morgan fingerprint density at radius 3 is 2.06 bits per heavy atom. The first-order chi connectivity index (χ1) is 8.27. The van der Waals surface area contributed by atoms with Gasteiger partial charge < -0.3 is 9.47 Å². The van der Waals surface area contributed by atoms with Crippen molar-refractivity contribution in [3.05, 3.63) is 48.3 Å². The Morgan fingerprint density at radius 2 is 1.47 bits per heavy atom. The van der Waals surface area contributed by atoms with Crippen LogP contribution in [0.1, 0.15) is 0 Å². The maximum Gasteiger partial charge on any atom is 0.197 e. The summed E-state index contributed by atoms with van der Waals surface area (Å²) in [5, 5.41) is 0. The highest BCUT2D eigenvalue weighted by Crippen LogP contribution is 2.39. The van der Waals surface area contributed by atoms with E-state index in [1.165, 1.54) is 20.3 Å². The minimum absolute atomic E-state index is 0.133. The second-order valence-electron chi connectivity index (χ2n) is 3.53. The first-order valence-electron chi connectivity index (χ1n) is 5.24. The minimum atomic E-state index is -0.427. The molecule has 0 aliphatic heterocycles. The van der Waals surface area contributed by atoms with Gasteiger partial charge in [0.25, 0.3) is 0 Å². The lowest BCUT2D eigenvalue weighted by molar-refractivity contribution is 0.338. The number of benzene rings is 2. The fourth-order valence-electron chi connectivity index (χ4n) is 1.78. The molecule has 0 N–H and O–H groups in total. The molecule has 0 saturated carbocycles. The Hall–Kier alpha value is -2.03.